The van der Waals surface area contributed by atoms with E-state index in [1.807, 2.05) is 18.7 Å². The second kappa shape index (κ2) is 11.2. The zero-order valence-corrected chi connectivity index (χ0v) is 18.6. The minimum atomic E-state index is -3.46. The molecule has 0 radical (unpaired) electrons. The molecule has 2 rings (SSSR count). The Kier molecular flexibility index (Phi) is 10.1. The fraction of sp³-hybridized carbons (Fsp3) is 0.562. The van der Waals surface area contributed by atoms with Crippen molar-refractivity contribution in [2.45, 2.75) is 29.9 Å². The average molecular weight is 498 g/mol. The maximum atomic E-state index is 12.2. The Balaban J connectivity index is 0.00000312. The number of benzene rings is 1. The van der Waals surface area contributed by atoms with Crippen molar-refractivity contribution >= 4 is 51.7 Å². The fourth-order valence-electron chi connectivity index (χ4n) is 2.40. The summed E-state index contributed by atoms with van der Waals surface area (Å²) in [6, 6.07) is 6.81. The van der Waals surface area contributed by atoms with Gasteiger partial charge in [0.1, 0.15) is 0 Å². The second-order valence-electron chi connectivity index (χ2n) is 5.73. The van der Waals surface area contributed by atoms with Crippen LogP contribution in [-0.2, 0) is 10.0 Å². The minimum absolute atomic E-state index is 0. The van der Waals surface area contributed by atoms with E-state index in [0.29, 0.717) is 24.3 Å². The SMILES string of the molecule is CN=C(NCCNS(=O)(=O)c1ccc(C)cc1)NCC1CCCS1.I. The Morgan fingerprint density at radius 1 is 1.24 bits per heavy atom. The first kappa shape index (κ1) is 22.5. The highest BCUT2D eigenvalue weighted by Gasteiger charge is 2.16. The lowest BCUT2D eigenvalue weighted by molar-refractivity contribution is 0.580. The molecule has 142 valence electrons. The van der Waals surface area contributed by atoms with Crippen LogP contribution in [0.5, 0.6) is 0 Å². The van der Waals surface area contributed by atoms with Crippen molar-refractivity contribution < 1.29 is 8.42 Å². The predicted octanol–water partition coefficient (Wildman–Crippen LogP) is 1.95. The molecule has 1 aliphatic rings. The molecule has 0 aliphatic carbocycles. The van der Waals surface area contributed by atoms with Gasteiger partial charge in [-0.15, -0.1) is 24.0 Å². The standard InChI is InChI=1S/C16H26N4O2S2.HI/c1-13-5-7-15(8-6-13)24(21,22)20-10-9-18-16(17-2)19-12-14-4-3-11-23-14;/h5-8,14,20H,3-4,9-12H2,1-2H3,(H2,17,18,19);1H. The summed E-state index contributed by atoms with van der Waals surface area (Å²) in [5, 5.41) is 7.06. The topological polar surface area (TPSA) is 82.6 Å². The first-order valence-electron chi connectivity index (χ1n) is 8.14. The summed E-state index contributed by atoms with van der Waals surface area (Å²) in [6.45, 7) is 3.59. The lowest BCUT2D eigenvalue weighted by Gasteiger charge is -2.15. The number of hydrogen-bond donors (Lipinski definition) is 3. The van der Waals surface area contributed by atoms with Crippen LogP contribution in [0.2, 0.25) is 0 Å². The number of sulfonamides is 1. The second-order valence-corrected chi connectivity index (χ2v) is 8.90. The Labute approximate surface area is 172 Å². The molecule has 1 saturated heterocycles. The summed E-state index contributed by atoms with van der Waals surface area (Å²) in [7, 11) is -1.74. The molecule has 1 aromatic rings. The van der Waals surface area contributed by atoms with Crippen LogP contribution < -0.4 is 15.4 Å². The van der Waals surface area contributed by atoms with Crippen molar-refractivity contribution in [1.82, 2.24) is 15.4 Å². The van der Waals surface area contributed by atoms with E-state index in [-0.39, 0.29) is 28.9 Å². The van der Waals surface area contributed by atoms with Gasteiger partial charge in [-0.2, -0.15) is 11.8 Å². The van der Waals surface area contributed by atoms with Gasteiger partial charge in [0.25, 0.3) is 0 Å². The molecule has 6 nitrogen and oxygen atoms in total. The molecule has 1 atom stereocenters. The number of nitrogens with one attached hydrogen (secondary N) is 3. The van der Waals surface area contributed by atoms with Crippen LogP contribution >= 0.6 is 35.7 Å². The van der Waals surface area contributed by atoms with Gasteiger partial charge in [-0.05, 0) is 37.7 Å². The summed E-state index contributed by atoms with van der Waals surface area (Å²) in [5.41, 5.74) is 1.03. The van der Waals surface area contributed by atoms with Gasteiger partial charge >= 0.3 is 0 Å². The number of halogens is 1. The summed E-state index contributed by atoms with van der Waals surface area (Å²) >= 11 is 1.99. The third-order valence-electron chi connectivity index (χ3n) is 3.79. The molecule has 25 heavy (non-hydrogen) atoms. The van der Waals surface area contributed by atoms with Crippen LogP contribution in [0.15, 0.2) is 34.2 Å². The lowest BCUT2D eigenvalue weighted by Crippen LogP contribution is -2.43. The highest BCUT2D eigenvalue weighted by molar-refractivity contribution is 14.0. The molecule has 0 bridgehead atoms. The van der Waals surface area contributed by atoms with E-state index < -0.39 is 10.0 Å². The number of thioether (sulfide) groups is 1. The van der Waals surface area contributed by atoms with E-state index in [4.69, 9.17) is 0 Å². The molecule has 0 amide bonds. The Morgan fingerprint density at radius 3 is 2.56 bits per heavy atom. The third-order valence-corrected chi connectivity index (χ3v) is 6.66. The van der Waals surface area contributed by atoms with E-state index in [9.17, 15) is 8.42 Å². The normalized spacial score (nSPS) is 17.8. The maximum absolute atomic E-state index is 12.2. The molecular formula is C16H27IN4O2S2. The van der Waals surface area contributed by atoms with Gasteiger partial charge in [0.15, 0.2) is 5.96 Å². The van der Waals surface area contributed by atoms with Crippen LogP contribution in [0.4, 0.5) is 0 Å². The van der Waals surface area contributed by atoms with Gasteiger partial charge in [-0.3, -0.25) is 4.99 Å². The van der Waals surface area contributed by atoms with Crippen LogP contribution in [-0.4, -0.2) is 52.1 Å². The molecule has 1 aromatic carbocycles. The molecule has 0 aromatic heterocycles. The van der Waals surface area contributed by atoms with Gasteiger partial charge in [0.05, 0.1) is 4.90 Å². The fourth-order valence-corrected chi connectivity index (χ4v) is 4.64. The largest absolute Gasteiger partial charge is 0.355 e. The Morgan fingerprint density at radius 2 is 1.96 bits per heavy atom. The summed E-state index contributed by atoms with van der Waals surface area (Å²) in [4.78, 5) is 4.44. The summed E-state index contributed by atoms with van der Waals surface area (Å²) < 4.78 is 26.9. The number of aliphatic imine (C=N–C) groups is 1. The molecule has 1 heterocycles. The predicted molar refractivity (Wildman–Crippen MR) is 117 cm³/mol. The van der Waals surface area contributed by atoms with Crippen LogP contribution in [0.25, 0.3) is 0 Å². The van der Waals surface area contributed by atoms with E-state index in [2.05, 4.69) is 20.3 Å². The Hall–Kier alpha value is -0.520. The third kappa shape index (κ3) is 7.71. The van der Waals surface area contributed by atoms with Crippen molar-refractivity contribution in [3.63, 3.8) is 0 Å². The van der Waals surface area contributed by atoms with Gasteiger partial charge in [0, 0.05) is 31.9 Å². The summed E-state index contributed by atoms with van der Waals surface area (Å²) in [6.07, 6.45) is 2.52. The highest BCUT2D eigenvalue weighted by atomic mass is 127. The first-order valence-corrected chi connectivity index (χ1v) is 10.7. The molecule has 3 N–H and O–H groups in total. The summed E-state index contributed by atoms with van der Waals surface area (Å²) in [5.74, 6) is 1.94. The number of rotatable bonds is 7. The monoisotopic (exact) mass is 498 g/mol. The maximum Gasteiger partial charge on any atom is 0.240 e. The smallest absolute Gasteiger partial charge is 0.240 e. The average Bonchev–Trinajstić information content (AvgIpc) is 3.08. The van der Waals surface area contributed by atoms with E-state index >= 15 is 0 Å². The van der Waals surface area contributed by atoms with Crippen molar-refractivity contribution in [3.8, 4) is 0 Å². The van der Waals surface area contributed by atoms with Crippen LogP contribution in [0.1, 0.15) is 18.4 Å². The molecule has 1 fully saturated rings. The zero-order valence-electron chi connectivity index (χ0n) is 14.6. The van der Waals surface area contributed by atoms with E-state index in [1.165, 1.54) is 18.6 Å². The number of hydrogen-bond acceptors (Lipinski definition) is 4. The zero-order chi connectivity index (χ0) is 17.4. The van der Waals surface area contributed by atoms with Crippen LogP contribution in [0, 0.1) is 6.92 Å². The van der Waals surface area contributed by atoms with Crippen LogP contribution in [0.3, 0.4) is 0 Å². The van der Waals surface area contributed by atoms with Crippen molar-refractivity contribution in [2.24, 2.45) is 4.99 Å². The van der Waals surface area contributed by atoms with Gasteiger partial charge in [-0.25, -0.2) is 13.1 Å². The molecule has 0 saturated carbocycles. The van der Waals surface area contributed by atoms with Gasteiger partial charge < -0.3 is 10.6 Å². The molecule has 1 aliphatic heterocycles. The lowest BCUT2D eigenvalue weighted by atomic mass is 10.2. The molecule has 9 heteroatoms. The Bertz CT molecular complexity index is 645. The number of nitrogens with zero attached hydrogens (tertiary/aromatic N) is 1. The van der Waals surface area contributed by atoms with E-state index in [0.717, 1.165) is 12.1 Å². The van der Waals surface area contributed by atoms with E-state index in [1.54, 1.807) is 31.3 Å². The highest BCUT2D eigenvalue weighted by Crippen LogP contribution is 2.25. The van der Waals surface area contributed by atoms with Gasteiger partial charge in [-0.1, -0.05) is 17.7 Å². The van der Waals surface area contributed by atoms with Crippen molar-refractivity contribution in [2.75, 3.05) is 32.4 Å². The van der Waals surface area contributed by atoms with Crippen molar-refractivity contribution in [1.29, 1.82) is 0 Å². The minimum Gasteiger partial charge on any atom is -0.355 e. The first-order chi connectivity index (χ1) is 11.5. The van der Waals surface area contributed by atoms with Gasteiger partial charge in [0.2, 0.25) is 10.0 Å². The quantitative estimate of drug-likeness (QED) is 0.232. The number of aryl methyl sites for hydroxylation is 1. The molecular weight excluding hydrogens is 471 g/mol. The molecule has 1 unspecified atom stereocenters. The van der Waals surface area contributed by atoms with Crippen molar-refractivity contribution in [3.05, 3.63) is 29.8 Å². The number of guanidine groups is 1. The molecule has 0 spiro atoms.